The maximum absolute atomic E-state index is 14.5. The summed E-state index contributed by atoms with van der Waals surface area (Å²) in [6.45, 7) is 2.31. The molecule has 3 atom stereocenters. The lowest BCUT2D eigenvalue weighted by molar-refractivity contribution is -0.0716. The molecule has 1 fully saturated rings. The van der Waals surface area contributed by atoms with Gasteiger partial charge < -0.3 is 15.2 Å². The van der Waals surface area contributed by atoms with Crippen LogP contribution in [0.2, 0.25) is 5.02 Å². The van der Waals surface area contributed by atoms with Crippen molar-refractivity contribution in [1.82, 2.24) is 10.3 Å². The number of morpholine rings is 1. The third-order valence-electron chi connectivity index (χ3n) is 5.05. The van der Waals surface area contributed by atoms with Crippen LogP contribution >= 0.6 is 11.6 Å². The molecule has 138 valence electrons. The molecule has 2 aromatic rings. The van der Waals surface area contributed by atoms with Crippen molar-refractivity contribution >= 4 is 17.3 Å². The van der Waals surface area contributed by atoms with Crippen molar-refractivity contribution in [1.29, 1.82) is 0 Å². The van der Waals surface area contributed by atoms with Gasteiger partial charge in [0.1, 0.15) is 12.0 Å². The summed E-state index contributed by atoms with van der Waals surface area (Å²) in [5, 5.41) is 17.0. The second-order valence-corrected chi connectivity index (χ2v) is 7.57. The van der Waals surface area contributed by atoms with Gasteiger partial charge >= 0.3 is 0 Å². The van der Waals surface area contributed by atoms with Crippen LogP contribution < -0.4 is 10.6 Å². The Morgan fingerprint density at radius 2 is 2.27 bits per heavy atom. The average molecular weight is 378 g/mol. The summed E-state index contributed by atoms with van der Waals surface area (Å²) in [6, 6.07) is 6.95. The molecular weight excluding hydrogens is 357 g/mol. The Hall–Kier alpha value is -1.73. The number of ether oxygens (including phenoxy) is 1. The Morgan fingerprint density at radius 1 is 1.42 bits per heavy atom. The molecule has 1 saturated heterocycles. The zero-order chi connectivity index (χ0) is 18.3. The predicted octanol–water partition coefficient (Wildman–Crippen LogP) is 3.13. The van der Waals surface area contributed by atoms with Gasteiger partial charge in [0.15, 0.2) is 0 Å². The fourth-order valence-corrected chi connectivity index (χ4v) is 3.98. The van der Waals surface area contributed by atoms with E-state index in [9.17, 15) is 9.50 Å². The molecule has 26 heavy (non-hydrogen) atoms. The minimum absolute atomic E-state index is 0.0644. The number of anilines is 1. The molecule has 0 spiro atoms. The van der Waals surface area contributed by atoms with E-state index in [1.807, 2.05) is 13.0 Å². The SMILES string of the molecule is C[C@@]1(c2cc(NC3CCc4cc(Cl)cnc43)ccc2F)COCC(O)N1. The lowest BCUT2D eigenvalue weighted by atomic mass is 9.90. The van der Waals surface area contributed by atoms with Crippen LogP contribution in [0.3, 0.4) is 0 Å². The molecule has 1 aliphatic heterocycles. The molecule has 0 saturated carbocycles. The van der Waals surface area contributed by atoms with Crippen molar-refractivity contribution in [2.24, 2.45) is 0 Å². The van der Waals surface area contributed by atoms with Gasteiger partial charge in [-0.05, 0) is 49.6 Å². The highest BCUT2D eigenvalue weighted by Crippen LogP contribution is 2.35. The minimum atomic E-state index is -0.819. The highest BCUT2D eigenvalue weighted by molar-refractivity contribution is 6.30. The number of hydrogen-bond donors (Lipinski definition) is 3. The molecule has 7 heteroatoms. The Labute approximate surface area is 156 Å². The summed E-state index contributed by atoms with van der Waals surface area (Å²) < 4.78 is 19.9. The highest BCUT2D eigenvalue weighted by atomic mass is 35.5. The summed E-state index contributed by atoms with van der Waals surface area (Å²) in [5.41, 5.74) is 2.61. The summed E-state index contributed by atoms with van der Waals surface area (Å²) in [4.78, 5) is 4.46. The van der Waals surface area contributed by atoms with Crippen LogP contribution in [0.4, 0.5) is 10.1 Å². The number of rotatable bonds is 3. The number of pyridine rings is 1. The van der Waals surface area contributed by atoms with Crippen molar-refractivity contribution in [3.63, 3.8) is 0 Å². The van der Waals surface area contributed by atoms with E-state index in [1.54, 1.807) is 18.3 Å². The number of aromatic nitrogens is 1. The number of nitrogens with one attached hydrogen (secondary N) is 2. The lowest BCUT2D eigenvalue weighted by Gasteiger charge is -2.38. The van der Waals surface area contributed by atoms with Gasteiger partial charge in [-0.15, -0.1) is 0 Å². The molecule has 2 aliphatic rings. The van der Waals surface area contributed by atoms with Gasteiger partial charge in [-0.2, -0.15) is 0 Å². The van der Waals surface area contributed by atoms with Crippen molar-refractivity contribution in [3.05, 3.63) is 58.1 Å². The van der Waals surface area contributed by atoms with Gasteiger partial charge in [0, 0.05) is 17.4 Å². The first-order valence-corrected chi connectivity index (χ1v) is 9.07. The van der Waals surface area contributed by atoms with Crippen LogP contribution in [0.15, 0.2) is 30.5 Å². The molecule has 2 unspecified atom stereocenters. The zero-order valence-corrected chi connectivity index (χ0v) is 15.2. The predicted molar refractivity (Wildman–Crippen MR) is 97.6 cm³/mol. The van der Waals surface area contributed by atoms with E-state index in [2.05, 4.69) is 15.6 Å². The number of fused-ring (bicyclic) bond motifs is 1. The number of aliphatic hydroxyl groups excluding tert-OH is 1. The zero-order valence-electron chi connectivity index (χ0n) is 14.4. The Balaban J connectivity index is 1.60. The maximum Gasteiger partial charge on any atom is 0.129 e. The Kier molecular flexibility index (Phi) is 4.61. The second-order valence-electron chi connectivity index (χ2n) is 7.14. The number of nitrogens with zero attached hydrogens (tertiary/aromatic N) is 1. The number of hydrogen-bond acceptors (Lipinski definition) is 5. The Morgan fingerprint density at radius 3 is 3.08 bits per heavy atom. The smallest absolute Gasteiger partial charge is 0.129 e. The van der Waals surface area contributed by atoms with Gasteiger partial charge in [0.05, 0.1) is 35.5 Å². The molecule has 0 radical (unpaired) electrons. The van der Waals surface area contributed by atoms with Crippen LogP contribution in [0.5, 0.6) is 0 Å². The van der Waals surface area contributed by atoms with Crippen LogP contribution in [0.25, 0.3) is 0 Å². The van der Waals surface area contributed by atoms with Gasteiger partial charge in [-0.3, -0.25) is 10.3 Å². The normalized spacial score (nSPS) is 28.0. The van der Waals surface area contributed by atoms with Gasteiger partial charge in [-0.1, -0.05) is 11.6 Å². The van der Waals surface area contributed by atoms with Crippen LogP contribution in [-0.2, 0) is 16.7 Å². The average Bonchev–Trinajstić information content (AvgIpc) is 2.98. The molecule has 1 aromatic carbocycles. The molecular formula is C19H21ClFN3O2. The van der Waals surface area contributed by atoms with E-state index < -0.39 is 11.8 Å². The van der Waals surface area contributed by atoms with E-state index >= 15 is 0 Å². The lowest BCUT2D eigenvalue weighted by Crippen LogP contribution is -2.55. The Bertz CT molecular complexity index is 834. The van der Waals surface area contributed by atoms with Crippen molar-refractivity contribution in [3.8, 4) is 0 Å². The topological polar surface area (TPSA) is 66.4 Å². The standard InChI is InChI=1S/C19H21ClFN3O2/c1-19(10-26-9-17(25)24-19)14-7-13(3-4-15(14)21)23-16-5-2-11-6-12(20)8-22-18(11)16/h3-4,6-8,16-17,23-25H,2,5,9-10H2,1H3/t16?,17?,19-/m0/s1. The van der Waals surface area contributed by atoms with E-state index in [0.29, 0.717) is 10.6 Å². The second kappa shape index (κ2) is 6.78. The van der Waals surface area contributed by atoms with Crippen LogP contribution in [0.1, 0.15) is 36.2 Å². The summed E-state index contributed by atoms with van der Waals surface area (Å²) in [5.74, 6) is -0.333. The third kappa shape index (κ3) is 3.30. The number of benzene rings is 1. The summed E-state index contributed by atoms with van der Waals surface area (Å²) in [6.07, 6.45) is 2.66. The fourth-order valence-electron chi connectivity index (χ4n) is 3.80. The highest BCUT2D eigenvalue weighted by Gasteiger charge is 2.35. The number of halogens is 2. The van der Waals surface area contributed by atoms with Crippen LogP contribution in [-0.4, -0.2) is 29.5 Å². The molecule has 0 amide bonds. The van der Waals surface area contributed by atoms with Crippen LogP contribution in [0, 0.1) is 5.82 Å². The first-order chi connectivity index (χ1) is 12.4. The molecule has 5 nitrogen and oxygen atoms in total. The first-order valence-electron chi connectivity index (χ1n) is 8.69. The third-order valence-corrected chi connectivity index (χ3v) is 5.26. The molecule has 1 aliphatic carbocycles. The van der Waals surface area contributed by atoms with E-state index in [-0.39, 0.29) is 25.1 Å². The van der Waals surface area contributed by atoms with Gasteiger partial charge in [-0.25, -0.2) is 4.39 Å². The monoisotopic (exact) mass is 377 g/mol. The number of aliphatic hydroxyl groups is 1. The van der Waals surface area contributed by atoms with Crippen molar-refractivity contribution < 1.29 is 14.2 Å². The summed E-state index contributed by atoms with van der Waals surface area (Å²) >= 11 is 6.02. The molecule has 4 rings (SSSR count). The van der Waals surface area contributed by atoms with Gasteiger partial charge in [0.25, 0.3) is 0 Å². The first kappa shape index (κ1) is 17.7. The molecule has 3 N–H and O–H groups in total. The van der Waals surface area contributed by atoms with E-state index in [1.165, 1.54) is 6.07 Å². The number of aryl methyl sites for hydroxylation is 1. The largest absolute Gasteiger partial charge is 0.377 e. The molecule has 2 heterocycles. The van der Waals surface area contributed by atoms with Gasteiger partial charge in [0.2, 0.25) is 0 Å². The minimum Gasteiger partial charge on any atom is -0.377 e. The van der Waals surface area contributed by atoms with E-state index in [4.69, 9.17) is 16.3 Å². The fraction of sp³-hybridized carbons (Fsp3) is 0.421. The van der Waals surface area contributed by atoms with Crippen molar-refractivity contribution in [2.75, 3.05) is 18.5 Å². The summed E-state index contributed by atoms with van der Waals surface area (Å²) in [7, 11) is 0. The molecule has 0 bridgehead atoms. The quantitative estimate of drug-likeness (QED) is 0.767. The maximum atomic E-state index is 14.5. The molecule has 1 aromatic heterocycles. The van der Waals surface area contributed by atoms with Crippen molar-refractivity contribution in [2.45, 2.75) is 37.6 Å². The van der Waals surface area contributed by atoms with E-state index in [0.717, 1.165) is 29.8 Å².